The lowest BCUT2D eigenvalue weighted by atomic mass is 9.99. The third kappa shape index (κ3) is 1.99. The van der Waals surface area contributed by atoms with Crippen LogP contribution in [0.4, 0.5) is 13.2 Å². The number of aryl methyl sites for hydroxylation is 1. The first-order valence-corrected chi connectivity index (χ1v) is 4.82. The molecular weight excluding hydrogens is 207 g/mol. The van der Waals surface area contributed by atoms with E-state index in [1.165, 1.54) is 0 Å². The van der Waals surface area contributed by atoms with Crippen molar-refractivity contribution in [3.63, 3.8) is 0 Å². The molecule has 6 heteroatoms. The summed E-state index contributed by atoms with van der Waals surface area (Å²) in [7, 11) is 0. The van der Waals surface area contributed by atoms with Crippen molar-refractivity contribution in [2.24, 2.45) is 11.7 Å². The average Bonchev–Trinajstić information content (AvgIpc) is 2.57. The summed E-state index contributed by atoms with van der Waals surface area (Å²) in [4.78, 5) is 4.16. The highest BCUT2D eigenvalue weighted by atomic mass is 19.4. The summed E-state index contributed by atoms with van der Waals surface area (Å²) < 4.78 is 39.0. The van der Waals surface area contributed by atoms with Gasteiger partial charge in [0.25, 0.3) is 0 Å². The van der Waals surface area contributed by atoms with Gasteiger partial charge >= 0.3 is 6.18 Å². The normalized spacial score (nSPS) is 21.5. The first-order chi connectivity index (χ1) is 7.00. The van der Waals surface area contributed by atoms with Crippen molar-refractivity contribution in [1.29, 1.82) is 0 Å². The molecule has 0 fully saturated rings. The van der Waals surface area contributed by atoms with E-state index < -0.39 is 12.1 Å². The molecule has 15 heavy (non-hydrogen) atoms. The smallest absolute Gasteiger partial charge is 0.334 e. The minimum absolute atomic E-state index is 0.0220. The van der Waals surface area contributed by atoms with Gasteiger partial charge in [-0.1, -0.05) is 0 Å². The standard InChI is InChI=1S/C9H12F3N3/c10-9(11,12)6-1-2-8-14-7(3-13)5-15(8)4-6/h5-6H,1-4,13H2. The summed E-state index contributed by atoms with van der Waals surface area (Å²) in [6, 6.07) is 0. The molecule has 1 aromatic rings. The minimum atomic E-state index is -4.11. The van der Waals surface area contributed by atoms with Gasteiger partial charge in [-0.15, -0.1) is 0 Å². The van der Waals surface area contributed by atoms with Crippen LogP contribution in [-0.4, -0.2) is 15.7 Å². The molecule has 1 aliphatic heterocycles. The highest BCUT2D eigenvalue weighted by Gasteiger charge is 2.41. The van der Waals surface area contributed by atoms with Gasteiger partial charge in [0.2, 0.25) is 0 Å². The molecule has 1 aromatic heterocycles. The predicted octanol–water partition coefficient (Wildman–Crippen LogP) is 1.47. The highest BCUT2D eigenvalue weighted by molar-refractivity contribution is 5.06. The summed E-state index contributed by atoms with van der Waals surface area (Å²) >= 11 is 0. The Kier molecular flexibility index (Phi) is 2.46. The van der Waals surface area contributed by atoms with Gasteiger partial charge in [0.05, 0.1) is 11.6 Å². The largest absolute Gasteiger partial charge is 0.393 e. The van der Waals surface area contributed by atoms with Crippen LogP contribution in [0.1, 0.15) is 17.9 Å². The molecule has 0 radical (unpaired) electrons. The quantitative estimate of drug-likeness (QED) is 0.777. The van der Waals surface area contributed by atoms with Gasteiger partial charge < -0.3 is 10.3 Å². The summed E-state index contributed by atoms with van der Waals surface area (Å²) in [5.41, 5.74) is 6.04. The van der Waals surface area contributed by atoms with Crippen molar-refractivity contribution in [3.8, 4) is 0 Å². The molecule has 1 aliphatic rings. The fraction of sp³-hybridized carbons (Fsp3) is 0.667. The third-order valence-corrected chi connectivity index (χ3v) is 2.71. The van der Waals surface area contributed by atoms with Gasteiger partial charge in [0.1, 0.15) is 5.82 Å². The van der Waals surface area contributed by atoms with E-state index in [0.29, 0.717) is 12.1 Å². The zero-order valence-electron chi connectivity index (χ0n) is 8.09. The first kappa shape index (κ1) is 10.5. The monoisotopic (exact) mass is 219 g/mol. The van der Waals surface area contributed by atoms with Crippen molar-refractivity contribution < 1.29 is 13.2 Å². The molecule has 2 N–H and O–H groups in total. The van der Waals surface area contributed by atoms with E-state index in [0.717, 1.165) is 5.82 Å². The van der Waals surface area contributed by atoms with Crippen LogP contribution in [0.15, 0.2) is 6.20 Å². The zero-order chi connectivity index (χ0) is 11.1. The zero-order valence-corrected chi connectivity index (χ0v) is 8.09. The number of fused-ring (bicyclic) bond motifs is 1. The Morgan fingerprint density at radius 2 is 2.27 bits per heavy atom. The number of rotatable bonds is 1. The highest BCUT2D eigenvalue weighted by Crippen LogP contribution is 2.34. The number of halogens is 3. The van der Waals surface area contributed by atoms with Crippen LogP contribution < -0.4 is 5.73 Å². The molecule has 0 amide bonds. The molecule has 0 saturated heterocycles. The van der Waals surface area contributed by atoms with E-state index in [1.807, 2.05) is 0 Å². The molecule has 0 saturated carbocycles. The van der Waals surface area contributed by atoms with Gasteiger partial charge in [-0.25, -0.2) is 4.98 Å². The van der Waals surface area contributed by atoms with Crippen LogP contribution in [0, 0.1) is 5.92 Å². The van der Waals surface area contributed by atoms with Crippen molar-refractivity contribution in [1.82, 2.24) is 9.55 Å². The van der Waals surface area contributed by atoms with Gasteiger partial charge in [0.15, 0.2) is 0 Å². The Balaban J connectivity index is 2.19. The van der Waals surface area contributed by atoms with Crippen molar-refractivity contribution in [2.75, 3.05) is 0 Å². The summed E-state index contributed by atoms with van der Waals surface area (Å²) in [5, 5.41) is 0. The maximum atomic E-state index is 12.5. The number of nitrogens with two attached hydrogens (primary N) is 1. The number of aromatic nitrogens is 2. The fourth-order valence-corrected chi connectivity index (χ4v) is 1.87. The van der Waals surface area contributed by atoms with Crippen LogP contribution in [-0.2, 0) is 19.5 Å². The maximum absolute atomic E-state index is 12.5. The lowest BCUT2D eigenvalue weighted by Gasteiger charge is -2.25. The second-order valence-electron chi connectivity index (χ2n) is 3.78. The molecule has 1 atom stereocenters. The van der Waals surface area contributed by atoms with E-state index in [1.54, 1.807) is 10.8 Å². The van der Waals surface area contributed by atoms with Gasteiger partial charge in [0, 0.05) is 25.7 Å². The Morgan fingerprint density at radius 3 is 2.87 bits per heavy atom. The molecule has 84 valence electrons. The van der Waals surface area contributed by atoms with E-state index in [9.17, 15) is 13.2 Å². The number of alkyl halides is 3. The predicted molar refractivity (Wildman–Crippen MR) is 48.0 cm³/mol. The van der Waals surface area contributed by atoms with Gasteiger partial charge in [-0.3, -0.25) is 0 Å². The van der Waals surface area contributed by atoms with E-state index >= 15 is 0 Å². The van der Waals surface area contributed by atoms with Crippen molar-refractivity contribution in [3.05, 3.63) is 17.7 Å². The van der Waals surface area contributed by atoms with Crippen LogP contribution in [0.25, 0.3) is 0 Å². The Hall–Kier alpha value is -1.04. The lowest BCUT2D eigenvalue weighted by molar-refractivity contribution is -0.182. The minimum Gasteiger partial charge on any atom is -0.334 e. The second-order valence-corrected chi connectivity index (χ2v) is 3.78. The van der Waals surface area contributed by atoms with Crippen molar-refractivity contribution >= 4 is 0 Å². The van der Waals surface area contributed by atoms with Crippen molar-refractivity contribution in [2.45, 2.75) is 32.1 Å². The molecule has 2 heterocycles. The molecule has 0 aliphatic carbocycles. The maximum Gasteiger partial charge on any atom is 0.393 e. The van der Waals surface area contributed by atoms with E-state index in [2.05, 4.69) is 4.98 Å². The number of hydrogen-bond acceptors (Lipinski definition) is 2. The SMILES string of the molecule is NCc1cn2c(n1)CCC(C(F)(F)F)C2. The molecule has 0 spiro atoms. The van der Waals surface area contributed by atoms with Crippen LogP contribution in [0.5, 0.6) is 0 Å². The van der Waals surface area contributed by atoms with E-state index in [-0.39, 0.29) is 19.5 Å². The molecule has 2 rings (SSSR count). The van der Waals surface area contributed by atoms with Crippen LogP contribution in [0.3, 0.4) is 0 Å². The van der Waals surface area contributed by atoms with Crippen LogP contribution >= 0.6 is 0 Å². The molecule has 1 unspecified atom stereocenters. The Bertz CT molecular complexity index is 356. The summed E-state index contributed by atoms with van der Waals surface area (Å²) in [6.45, 7) is 0.252. The average molecular weight is 219 g/mol. The molecule has 0 aromatic carbocycles. The first-order valence-electron chi connectivity index (χ1n) is 4.82. The number of nitrogens with zero attached hydrogens (tertiary/aromatic N) is 2. The molecule has 0 bridgehead atoms. The molecule has 3 nitrogen and oxygen atoms in total. The fourth-order valence-electron chi connectivity index (χ4n) is 1.87. The topological polar surface area (TPSA) is 43.8 Å². The van der Waals surface area contributed by atoms with Gasteiger partial charge in [-0.2, -0.15) is 13.2 Å². The lowest BCUT2D eigenvalue weighted by Crippen LogP contribution is -2.31. The third-order valence-electron chi connectivity index (χ3n) is 2.71. The number of hydrogen-bond donors (Lipinski definition) is 1. The molecular formula is C9H12F3N3. The summed E-state index contributed by atoms with van der Waals surface area (Å²) in [5.74, 6) is -0.527. The summed E-state index contributed by atoms with van der Waals surface area (Å²) in [6.07, 6.45) is -1.98. The number of imidazole rings is 1. The Labute approximate surface area is 85.1 Å². The van der Waals surface area contributed by atoms with E-state index in [4.69, 9.17) is 5.73 Å². The van der Waals surface area contributed by atoms with Gasteiger partial charge in [-0.05, 0) is 6.42 Å². The second kappa shape index (κ2) is 3.52. The Morgan fingerprint density at radius 1 is 1.53 bits per heavy atom. The van der Waals surface area contributed by atoms with Crippen LogP contribution in [0.2, 0.25) is 0 Å².